The van der Waals surface area contributed by atoms with Gasteiger partial charge in [0.1, 0.15) is 23.7 Å². The van der Waals surface area contributed by atoms with Crippen LogP contribution in [-0.4, -0.2) is 25.8 Å². The Balaban J connectivity index is 1.77. The number of nitrogens with one attached hydrogen (secondary N) is 2. The predicted octanol–water partition coefficient (Wildman–Crippen LogP) is 2.11. The molecule has 1 amide bonds. The number of H-pyrrole nitrogens is 1. The lowest BCUT2D eigenvalue weighted by Crippen LogP contribution is -2.20. The molecule has 130 valence electrons. The third-order valence-corrected chi connectivity index (χ3v) is 4.17. The Labute approximate surface area is 143 Å². The van der Waals surface area contributed by atoms with Gasteiger partial charge in [-0.2, -0.15) is 0 Å². The van der Waals surface area contributed by atoms with Gasteiger partial charge in [-0.1, -0.05) is 0 Å². The topological polar surface area (TPSA) is 114 Å². The minimum atomic E-state index is -0.238. The molecule has 3 aromatic heterocycles. The first kappa shape index (κ1) is 16.8. The molecule has 0 unspecified atom stereocenters. The van der Waals surface area contributed by atoms with Gasteiger partial charge in [0, 0.05) is 23.2 Å². The molecule has 0 saturated carbocycles. The lowest BCUT2D eigenvalue weighted by atomic mass is 10.1. The van der Waals surface area contributed by atoms with Gasteiger partial charge in [0.25, 0.3) is 5.56 Å². The van der Waals surface area contributed by atoms with Crippen LogP contribution in [0.2, 0.25) is 0 Å². The molecule has 0 spiro atoms. The molecule has 0 bridgehead atoms. The molecule has 3 heterocycles. The van der Waals surface area contributed by atoms with E-state index in [2.05, 4.69) is 25.3 Å². The van der Waals surface area contributed by atoms with E-state index in [-0.39, 0.29) is 17.9 Å². The number of aromatic amines is 1. The quantitative estimate of drug-likeness (QED) is 0.751. The zero-order valence-corrected chi connectivity index (χ0v) is 14.6. The number of amides is 1. The van der Waals surface area contributed by atoms with Crippen LogP contribution in [0.4, 0.5) is 5.82 Å². The molecule has 3 rings (SSSR count). The van der Waals surface area contributed by atoms with E-state index < -0.39 is 0 Å². The summed E-state index contributed by atoms with van der Waals surface area (Å²) >= 11 is 0. The van der Waals surface area contributed by atoms with Crippen molar-refractivity contribution in [2.75, 3.05) is 5.32 Å². The molecule has 0 aliphatic carbocycles. The molecule has 8 nitrogen and oxygen atoms in total. The average molecular weight is 341 g/mol. The molecule has 0 atom stereocenters. The van der Waals surface area contributed by atoms with Crippen LogP contribution in [0.15, 0.2) is 15.5 Å². The maximum absolute atomic E-state index is 12.3. The highest BCUT2D eigenvalue weighted by molar-refractivity contribution is 5.99. The van der Waals surface area contributed by atoms with Crippen LogP contribution in [-0.2, 0) is 11.2 Å². The van der Waals surface area contributed by atoms with E-state index in [9.17, 15) is 9.59 Å². The van der Waals surface area contributed by atoms with Gasteiger partial charge < -0.3 is 14.7 Å². The molecular weight excluding hydrogens is 322 g/mol. The number of furan rings is 1. The molecule has 25 heavy (non-hydrogen) atoms. The number of nitrogens with zero attached hydrogens (tertiary/aromatic N) is 3. The van der Waals surface area contributed by atoms with Crippen LogP contribution in [0.25, 0.3) is 11.1 Å². The number of aromatic nitrogens is 4. The van der Waals surface area contributed by atoms with Gasteiger partial charge in [-0.05, 0) is 34.1 Å². The standard InChI is InChI=1S/C17H19N5O3/c1-8-10(3)25-17-14(8)15(18-7-19-17)22-13(23)6-5-12-9(2)20-11(4)21-16(12)24/h7H,5-6H2,1-4H3,(H,20,21,24)(H,18,19,22,23). The molecule has 0 aromatic carbocycles. The second kappa shape index (κ2) is 6.46. The summed E-state index contributed by atoms with van der Waals surface area (Å²) in [4.78, 5) is 39.4. The van der Waals surface area contributed by atoms with Crippen molar-refractivity contribution in [1.82, 2.24) is 19.9 Å². The van der Waals surface area contributed by atoms with E-state index in [0.717, 1.165) is 11.3 Å². The van der Waals surface area contributed by atoms with Crippen molar-refractivity contribution < 1.29 is 9.21 Å². The Morgan fingerprint density at radius 3 is 2.72 bits per heavy atom. The number of fused-ring (bicyclic) bond motifs is 1. The molecular formula is C17H19N5O3. The molecule has 3 aromatic rings. The van der Waals surface area contributed by atoms with Gasteiger partial charge in [0.05, 0.1) is 5.39 Å². The number of hydrogen-bond donors (Lipinski definition) is 2. The fraction of sp³-hybridized carbons (Fsp3) is 0.353. The van der Waals surface area contributed by atoms with Crippen molar-refractivity contribution in [2.24, 2.45) is 0 Å². The van der Waals surface area contributed by atoms with E-state index >= 15 is 0 Å². The minimum Gasteiger partial charge on any atom is -0.443 e. The summed E-state index contributed by atoms with van der Waals surface area (Å²) < 4.78 is 5.54. The smallest absolute Gasteiger partial charge is 0.254 e. The second-order valence-corrected chi connectivity index (χ2v) is 5.95. The SMILES string of the molecule is Cc1nc(C)c(CCC(=O)Nc2ncnc3oc(C)c(C)c23)c(=O)[nH]1. The molecule has 8 heteroatoms. The monoisotopic (exact) mass is 341 g/mol. The summed E-state index contributed by atoms with van der Waals surface area (Å²) in [5.74, 6) is 1.47. The number of carbonyl (C=O) groups is 1. The Morgan fingerprint density at radius 1 is 1.24 bits per heavy atom. The molecule has 0 fully saturated rings. The van der Waals surface area contributed by atoms with E-state index in [1.54, 1.807) is 13.8 Å². The Kier molecular flexibility index (Phi) is 4.35. The zero-order chi connectivity index (χ0) is 18.1. The van der Waals surface area contributed by atoms with E-state index in [1.807, 2.05) is 13.8 Å². The summed E-state index contributed by atoms with van der Waals surface area (Å²) in [6, 6.07) is 0. The Bertz CT molecular complexity index is 1020. The first-order chi connectivity index (χ1) is 11.9. The average Bonchev–Trinajstić information content (AvgIpc) is 2.82. The predicted molar refractivity (Wildman–Crippen MR) is 92.6 cm³/mol. The fourth-order valence-electron chi connectivity index (χ4n) is 2.76. The van der Waals surface area contributed by atoms with Gasteiger partial charge in [-0.3, -0.25) is 9.59 Å². The third-order valence-electron chi connectivity index (χ3n) is 4.17. The second-order valence-electron chi connectivity index (χ2n) is 5.95. The van der Waals surface area contributed by atoms with Gasteiger partial charge in [-0.15, -0.1) is 0 Å². The fourth-order valence-corrected chi connectivity index (χ4v) is 2.76. The third kappa shape index (κ3) is 3.28. The van der Waals surface area contributed by atoms with Gasteiger partial charge >= 0.3 is 0 Å². The van der Waals surface area contributed by atoms with Crippen LogP contribution in [0.1, 0.15) is 34.8 Å². The zero-order valence-electron chi connectivity index (χ0n) is 14.6. The van der Waals surface area contributed by atoms with E-state index in [0.29, 0.717) is 40.4 Å². The van der Waals surface area contributed by atoms with Crippen LogP contribution < -0.4 is 10.9 Å². The van der Waals surface area contributed by atoms with Crippen molar-refractivity contribution in [1.29, 1.82) is 0 Å². The van der Waals surface area contributed by atoms with Crippen molar-refractivity contribution >= 4 is 22.8 Å². The number of aryl methyl sites for hydroxylation is 4. The molecule has 0 aliphatic heterocycles. The maximum Gasteiger partial charge on any atom is 0.254 e. The summed E-state index contributed by atoms with van der Waals surface area (Å²) in [5, 5.41) is 3.47. The number of carbonyl (C=O) groups excluding carboxylic acids is 1. The van der Waals surface area contributed by atoms with Crippen LogP contribution >= 0.6 is 0 Å². The highest BCUT2D eigenvalue weighted by atomic mass is 16.3. The van der Waals surface area contributed by atoms with Crippen molar-refractivity contribution in [3.63, 3.8) is 0 Å². The summed E-state index contributed by atoms with van der Waals surface area (Å²) in [6.45, 7) is 7.21. The Morgan fingerprint density at radius 2 is 2.00 bits per heavy atom. The van der Waals surface area contributed by atoms with Crippen molar-refractivity contribution in [2.45, 2.75) is 40.5 Å². The summed E-state index contributed by atoms with van der Waals surface area (Å²) in [7, 11) is 0. The highest BCUT2D eigenvalue weighted by Gasteiger charge is 2.16. The van der Waals surface area contributed by atoms with E-state index in [1.165, 1.54) is 6.33 Å². The van der Waals surface area contributed by atoms with Crippen LogP contribution in [0.5, 0.6) is 0 Å². The summed E-state index contributed by atoms with van der Waals surface area (Å²) in [5.41, 5.74) is 2.28. The van der Waals surface area contributed by atoms with E-state index in [4.69, 9.17) is 4.42 Å². The first-order valence-corrected chi connectivity index (χ1v) is 7.93. The maximum atomic E-state index is 12.3. The molecule has 0 radical (unpaired) electrons. The van der Waals surface area contributed by atoms with Crippen LogP contribution in [0.3, 0.4) is 0 Å². The van der Waals surface area contributed by atoms with Gasteiger partial charge in [0.15, 0.2) is 0 Å². The van der Waals surface area contributed by atoms with Crippen LogP contribution in [0, 0.1) is 27.7 Å². The van der Waals surface area contributed by atoms with Gasteiger partial charge in [0.2, 0.25) is 11.6 Å². The number of hydrogen-bond acceptors (Lipinski definition) is 6. The Hall–Kier alpha value is -3.03. The molecule has 0 aliphatic rings. The molecule has 2 N–H and O–H groups in total. The number of rotatable bonds is 4. The normalized spacial score (nSPS) is 11.0. The lowest BCUT2D eigenvalue weighted by molar-refractivity contribution is -0.116. The van der Waals surface area contributed by atoms with Crippen molar-refractivity contribution in [3.8, 4) is 0 Å². The van der Waals surface area contributed by atoms with Gasteiger partial charge in [-0.25, -0.2) is 15.0 Å². The number of anilines is 1. The largest absolute Gasteiger partial charge is 0.443 e. The minimum absolute atomic E-state index is 0.149. The highest BCUT2D eigenvalue weighted by Crippen LogP contribution is 2.28. The van der Waals surface area contributed by atoms with Crippen molar-refractivity contribution in [3.05, 3.63) is 45.1 Å². The summed E-state index contributed by atoms with van der Waals surface area (Å²) in [6.07, 6.45) is 1.80. The molecule has 0 saturated heterocycles. The lowest BCUT2D eigenvalue weighted by Gasteiger charge is -2.07. The first-order valence-electron chi connectivity index (χ1n) is 7.93.